The van der Waals surface area contributed by atoms with Crippen LogP contribution in [0.2, 0.25) is 0 Å². The molecule has 4 aromatic rings. The fourth-order valence-corrected chi connectivity index (χ4v) is 2.96. The third kappa shape index (κ3) is 2.90. The van der Waals surface area contributed by atoms with Crippen molar-refractivity contribution in [3.05, 3.63) is 65.5 Å². The molecule has 3 heterocycles. The monoisotopic (exact) mass is 376 g/mol. The number of carbonyl (C=O) groups is 2. The molecule has 0 saturated carbocycles. The van der Waals surface area contributed by atoms with Crippen molar-refractivity contribution in [2.45, 2.75) is 6.92 Å². The average molecular weight is 376 g/mol. The Morgan fingerprint density at radius 3 is 2.54 bits per heavy atom. The second-order valence-corrected chi connectivity index (χ2v) is 6.26. The van der Waals surface area contributed by atoms with E-state index in [4.69, 9.17) is 14.7 Å². The van der Waals surface area contributed by atoms with Crippen LogP contribution in [0.5, 0.6) is 0 Å². The predicted octanol–water partition coefficient (Wildman–Crippen LogP) is 3.17. The van der Waals surface area contributed by atoms with E-state index in [1.807, 2.05) is 0 Å². The summed E-state index contributed by atoms with van der Waals surface area (Å²) in [4.78, 5) is 30.4. The topological polar surface area (TPSA) is 115 Å². The zero-order valence-electron chi connectivity index (χ0n) is 15.2. The Labute approximate surface area is 159 Å². The highest BCUT2D eigenvalue weighted by Crippen LogP contribution is 2.29. The fraction of sp³-hybridized carbons (Fsp3) is 0.100. The van der Waals surface area contributed by atoms with Gasteiger partial charge in [0, 0.05) is 18.3 Å². The van der Waals surface area contributed by atoms with Crippen LogP contribution in [-0.4, -0.2) is 29.0 Å². The quantitative estimate of drug-likeness (QED) is 0.585. The Balaban J connectivity index is 1.79. The summed E-state index contributed by atoms with van der Waals surface area (Å²) < 4.78 is 10.7. The van der Waals surface area contributed by atoms with E-state index in [-0.39, 0.29) is 11.6 Å². The van der Waals surface area contributed by atoms with E-state index in [0.29, 0.717) is 39.3 Å². The Hall–Kier alpha value is -3.94. The van der Waals surface area contributed by atoms with Crippen molar-refractivity contribution in [2.75, 3.05) is 11.9 Å². The first kappa shape index (κ1) is 17.5. The Morgan fingerprint density at radius 1 is 1.14 bits per heavy atom. The third-order valence-corrected chi connectivity index (χ3v) is 4.46. The van der Waals surface area contributed by atoms with Crippen molar-refractivity contribution in [2.24, 2.45) is 5.73 Å². The molecular weight excluding hydrogens is 360 g/mol. The normalized spacial score (nSPS) is 10.9. The van der Waals surface area contributed by atoms with Gasteiger partial charge in [-0.3, -0.25) is 9.59 Å². The van der Waals surface area contributed by atoms with Crippen LogP contribution in [0, 0.1) is 6.92 Å². The Kier molecular flexibility index (Phi) is 4.15. The lowest BCUT2D eigenvalue weighted by Gasteiger charge is -2.18. The summed E-state index contributed by atoms with van der Waals surface area (Å²) in [6.45, 7) is 1.75. The van der Waals surface area contributed by atoms with Crippen molar-refractivity contribution in [3.63, 3.8) is 0 Å². The molecule has 0 atom stereocenters. The van der Waals surface area contributed by atoms with Crippen molar-refractivity contribution in [3.8, 4) is 11.5 Å². The molecular formula is C20H16N4O4. The maximum atomic E-state index is 13.3. The number of aromatic nitrogens is 2. The van der Waals surface area contributed by atoms with Gasteiger partial charge in [-0.2, -0.15) is 0 Å². The minimum absolute atomic E-state index is 0.257. The number of furan rings is 1. The zero-order valence-corrected chi connectivity index (χ0v) is 15.2. The number of carbonyl (C=O) groups excluding carboxylic acids is 2. The lowest BCUT2D eigenvalue weighted by molar-refractivity contribution is 0.0990. The van der Waals surface area contributed by atoms with Crippen LogP contribution < -0.4 is 10.6 Å². The molecule has 0 spiro atoms. The standard InChI is InChI=1S/C20H16N4O4/c1-11-17-14(10-15(16-4-3-9-27-16)22-19(17)28-23-11)20(26)24(2)13-7-5-12(6-8-13)18(21)25/h3-10H,1-2H3,(H2,21,25). The Morgan fingerprint density at radius 2 is 1.89 bits per heavy atom. The largest absolute Gasteiger partial charge is 0.463 e. The van der Waals surface area contributed by atoms with Crippen LogP contribution in [0.15, 0.2) is 57.7 Å². The van der Waals surface area contributed by atoms with Gasteiger partial charge in [-0.1, -0.05) is 5.16 Å². The lowest BCUT2D eigenvalue weighted by atomic mass is 10.1. The number of anilines is 1. The summed E-state index contributed by atoms with van der Waals surface area (Å²) in [5.41, 5.74) is 7.91. The number of nitrogens with zero attached hydrogens (tertiary/aromatic N) is 3. The maximum absolute atomic E-state index is 13.3. The van der Waals surface area contributed by atoms with Crippen LogP contribution in [0.4, 0.5) is 5.69 Å². The van der Waals surface area contributed by atoms with Gasteiger partial charge in [-0.05, 0) is 49.4 Å². The summed E-state index contributed by atoms with van der Waals surface area (Å²) in [6.07, 6.45) is 1.53. The Bertz CT molecular complexity index is 1180. The molecule has 0 radical (unpaired) electrons. The van der Waals surface area contributed by atoms with Gasteiger partial charge in [-0.25, -0.2) is 4.98 Å². The molecule has 0 saturated heterocycles. The molecule has 3 aromatic heterocycles. The van der Waals surface area contributed by atoms with E-state index in [1.54, 1.807) is 56.4 Å². The number of primary amides is 1. The number of hydrogen-bond donors (Lipinski definition) is 1. The molecule has 1 aromatic carbocycles. The first-order chi connectivity index (χ1) is 13.5. The molecule has 2 amide bonds. The zero-order chi connectivity index (χ0) is 19.8. The summed E-state index contributed by atoms with van der Waals surface area (Å²) in [7, 11) is 1.64. The van der Waals surface area contributed by atoms with Crippen LogP contribution in [0.1, 0.15) is 26.4 Å². The second kappa shape index (κ2) is 6.66. The average Bonchev–Trinajstić information content (AvgIpc) is 3.36. The van der Waals surface area contributed by atoms with Gasteiger partial charge in [0.05, 0.1) is 22.9 Å². The van der Waals surface area contributed by atoms with Crippen LogP contribution >= 0.6 is 0 Å². The molecule has 0 bridgehead atoms. The first-order valence-electron chi connectivity index (χ1n) is 8.44. The molecule has 0 aliphatic rings. The number of rotatable bonds is 4. The number of benzene rings is 1. The molecule has 0 unspecified atom stereocenters. The number of amides is 2. The van der Waals surface area contributed by atoms with Crippen molar-refractivity contribution in [1.29, 1.82) is 0 Å². The van der Waals surface area contributed by atoms with Gasteiger partial charge in [0.15, 0.2) is 5.76 Å². The van der Waals surface area contributed by atoms with Crippen molar-refractivity contribution in [1.82, 2.24) is 10.1 Å². The van der Waals surface area contributed by atoms with E-state index >= 15 is 0 Å². The number of pyridine rings is 1. The van der Waals surface area contributed by atoms with Gasteiger partial charge in [0.25, 0.3) is 11.6 Å². The molecule has 0 fully saturated rings. The van der Waals surface area contributed by atoms with Gasteiger partial charge in [0.1, 0.15) is 5.69 Å². The smallest absolute Gasteiger partial charge is 0.259 e. The minimum Gasteiger partial charge on any atom is -0.463 e. The minimum atomic E-state index is -0.528. The summed E-state index contributed by atoms with van der Waals surface area (Å²) >= 11 is 0. The van der Waals surface area contributed by atoms with E-state index in [0.717, 1.165) is 0 Å². The highest BCUT2D eigenvalue weighted by molar-refractivity contribution is 6.14. The molecule has 0 aliphatic heterocycles. The highest BCUT2D eigenvalue weighted by Gasteiger charge is 2.23. The third-order valence-electron chi connectivity index (χ3n) is 4.46. The van der Waals surface area contributed by atoms with Gasteiger partial charge in [0.2, 0.25) is 5.91 Å². The first-order valence-corrected chi connectivity index (χ1v) is 8.44. The molecule has 140 valence electrons. The highest BCUT2D eigenvalue weighted by atomic mass is 16.5. The summed E-state index contributed by atoms with van der Waals surface area (Å²) in [5, 5.41) is 4.48. The number of nitrogens with two attached hydrogens (primary N) is 1. The van der Waals surface area contributed by atoms with Crippen LogP contribution in [0.25, 0.3) is 22.6 Å². The number of hydrogen-bond acceptors (Lipinski definition) is 6. The lowest BCUT2D eigenvalue weighted by Crippen LogP contribution is -2.26. The van der Waals surface area contributed by atoms with Crippen molar-refractivity contribution >= 4 is 28.6 Å². The number of aryl methyl sites for hydroxylation is 1. The predicted molar refractivity (Wildman–Crippen MR) is 102 cm³/mol. The van der Waals surface area contributed by atoms with E-state index < -0.39 is 5.91 Å². The molecule has 8 nitrogen and oxygen atoms in total. The van der Waals surface area contributed by atoms with Crippen LogP contribution in [0.3, 0.4) is 0 Å². The van der Waals surface area contributed by atoms with Gasteiger partial charge in [-0.15, -0.1) is 0 Å². The molecule has 0 aliphatic carbocycles. The molecule has 2 N–H and O–H groups in total. The molecule has 28 heavy (non-hydrogen) atoms. The van der Waals surface area contributed by atoms with Gasteiger partial charge >= 0.3 is 0 Å². The fourth-order valence-electron chi connectivity index (χ4n) is 2.96. The van der Waals surface area contributed by atoms with Crippen molar-refractivity contribution < 1.29 is 18.5 Å². The van der Waals surface area contributed by atoms with E-state index in [2.05, 4.69) is 10.1 Å². The molecule has 8 heteroatoms. The summed E-state index contributed by atoms with van der Waals surface area (Å²) in [6, 6.07) is 11.6. The number of fused-ring (bicyclic) bond motifs is 1. The SMILES string of the molecule is Cc1noc2nc(-c3ccco3)cc(C(=O)N(C)c3ccc(C(N)=O)cc3)c12. The van der Waals surface area contributed by atoms with E-state index in [1.165, 1.54) is 11.2 Å². The van der Waals surface area contributed by atoms with Gasteiger partial charge < -0.3 is 19.6 Å². The second-order valence-electron chi connectivity index (χ2n) is 6.26. The molecule has 4 rings (SSSR count). The van der Waals surface area contributed by atoms with Crippen LogP contribution in [-0.2, 0) is 0 Å². The maximum Gasteiger partial charge on any atom is 0.259 e. The van der Waals surface area contributed by atoms with E-state index in [9.17, 15) is 9.59 Å². The summed E-state index contributed by atoms with van der Waals surface area (Å²) in [5.74, 6) is -0.295.